The highest BCUT2D eigenvalue weighted by molar-refractivity contribution is 6.22. The summed E-state index contributed by atoms with van der Waals surface area (Å²) in [5.41, 5.74) is 2.84. The fourth-order valence-electron chi connectivity index (χ4n) is 4.14. The minimum atomic E-state index is -1.21. The number of ether oxygens (including phenoxy) is 1. The Kier molecular flexibility index (Phi) is 7.06. The van der Waals surface area contributed by atoms with Gasteiger partial charge in [-0.3, -0.25) is 19.3 Å². The van der Waals surface area contributed by atoms with Gasteiger partial charge in [0.05, 0.1) is 11.1 Å². The molecule has 3 amide bonds. The predicted molar refractivity (Wildman–Crippen MR) is 131 cm³/mol. The minimum Gasteiger partial charge on any atom is -0.454 e. The van der Waals surface area contributed by atoms with E-state index in [1.807, 2.05) is 38.1 Å². The molecule has 7 heteroatoms. The Morgan fingerprint density at radius 2 is 1.40 bits per heavy atom. The molecular formula is C28H26N2O5. The molecule has 4 rings (SSSR count). The van der Waals surface area contributed by atoms with Gasteiger partial charge in [0.2, 0.25) is 0 Å². The number of rotatable bonds is 8. The SMILES string of the molecule is CC(C)c1ccccc1NC(=O)COC(=O)[C@H](Cc1ccccc1)N1C(=O)c2ccccc2C1=O. The Morgan fingerprint density at radius 1 is 0.829 bits per heavy atom. The number of amides is 3. The van der Waals surface area contributed by atoms with Gasteiger partial charge in [-0.25, -0.2) is 4.79 Å². The van der Waals surface area contributed by atoms with Crippen molar-refractivity contribution in [1.82, 2.24) is 4.90 Å². The minimum absolute atomic E-state index is 0.0724. The number of imide groups is 1. The number of carbonyl (C=O) groups is 4. The zero-order valence-corrected chi connectivity index (χ0v) is 19.6. The summed E-state index contributed by atoms with van der Waals surface area (Å²) in [6.07, 6.45) is 0.0724. The van der Waals surface area contributed by atoms with E-state index in [0.29, 0.717) is 5.69 Å². The molecule has 0 spiro atoms. The summed E-state index contributed by atoms with van der Waals surface area (Å²) in [4.78, 5) is 52.7. The van der Waals surface area contributed by atoms with Crippen molar-refractivity contribution >= 4 is 29.4 Å². The lowest BCUT2D eigenvalue weighted by Gasteiger charge is -2.24. The molecule has 178 valence electrons. The Labute approximate surface area is 203 Å². The Morgan fingerprint density at radius 3 is 2.03 bits per heavy atom. The predicted octanol–water partition coefficient (Wildman–Crippen LogP) is 4.20. The maximum Gasteiger partial charge on any atom is 0.330 e. The average molecular weight is 471 g/mol. The average Bonchev–Trinajstić information content (AvgIpc) is 3.12. The molecule has 0 radical (unpaired) electrons. The third kappa shape index (κ3) is 5.14. The van der Waals surface area contributed by atoms with Gasteiger partial charge in [-0.15, -0.1) is 0 Å². The van der Waals surface area contributed by atoms with Gasteiger partial charge >= 0.3 is 5.97 Å². The maximum atomic E-state index is 13.2. The number of anilines is 1. The largest absolute Gasteiger partial charge is 0.454 e. The van der Waals surface area contributed by atoms with Crippen molar-refractivity contribution in [1.29, 1.82) is 0 Å². The van der Waals surface area contributed by atoms with Gasteiger partial charge in [-0.2, -0.15) is 0 Å². The highest BCUT2D eigenvalue weighted by Crippen LogP contribution is 2.27. The molecule has 3 aromatic carbocycles. The fourth-order valence-corrected chi connectivity index (χ4v) is 4.14. The summed E-state index contributed by atoms with van der Waals surface area (Å²) in [7, 11) is 0. The molecule has 0 saturated carbocycles. The highest BCUT2D eigenvalue weighted by Gasteiger charge is 2.43. The summed E-state index contributed by atoms with van der Waals surface area (Å²) in [6, 6.07) is 21.7. The van der Waals surface area contributed by atoms with Gasteiger partial charge in [-0.05, 0) is 35.2 Å². The molecule has 7 nitrogen and oxygen atoms in total. The van der Waals surface area contributed by atoms with Crippen LogP contribution in [0.5, 0.6) is 0 Å². The van der Waals surface area contributed by atoms with Crippen LogP contribution in [0, 0.1) is 0 Å². The van der Waals surface area contributed by atoms with Gasteiger partial charge in [0, 0.05) is 12.1 Å². The number of nitrogens with one attached hydrogen (secondary N) is 1. The normalized spacial score (nSPS) is 13.5. The van der Waals surface area contributed by atoms with Crippen LogP contribution in [0.15, 0.2) is 78.9 Å². The van der Waals surface area contributed by atoms with E-state index in [4.69, 9.17) is 4.74 Å². The number of nitrogens with zero attached hydrogens (tertiary/aromatic N) is 1. The first kappa shape index (κ1) is 23.9. The molecule has 1 heterocycles. The molecule has 1 atom stereocenters. The van der Waals surface area contributed by atoms with Crippen LogP contribution < -0.4 is 5.32 Å². The van der Waals surface area contributed by atoms with Crippen molar-refractivity contribution in [2.24, 2.45) is 0 Å². The van der Waals surface area contributed by atoms with Crippen LogP contribution in [0.1, 0.15) is 51.6 Å². The number of hydrogen-bond acceptors (Lipinski definition) is 5. The van der Waals surface area contributed by atoms with E-state index in [9.17, 15) is 19.2 Å². The van der Waals surface area contributed by atoms with E-state index in [2.05, 4.69) is 5.32 Å². The van der Waals surface area contributed by atoms with E-state index < -0.39 is 36.3 Å². The van der Waals surface area contributed by atoms with Crippen molar-refractivity contribution in [3.8, 4) is 0 Å². The number of carbonyl (C=O) groups excluding carboxylic acids is 4. The third-order valence-electron chi connectivity index (χ3n) is 5.88. The zero-order chi connectivity index (χ0) is 24.9. The highest BCUT2D eigenvalue weighted by atomic mass is 16.5. The van der Waals surface area contributed by atoms with Crippen molar-refractivity contribution in [2.75, 3.05) is 11.9 Å². The lowest BCUT2D eigenvalue weighted by atomic mass is 10.0. The summed E-state index contributed by atoms with van der Waals surface area (Å²) in [5.74, 6) is -2.25. The molecule has 3 aromatic rings. The standard InChI is InChI=1S/C28H26N2O5/c1-18(2)20-12-8-9-15-23(20)29-25(31)17-35-28(34)24(16-19-10-4-3-5-11-19)30-26(32)21-13-6-7-14-22(21)27(30)33/h3-15,18,24H,16-17H2,1-2H3,(H,29,31)/t24-/m0/s1. The van der Waals surface area contributed by atoms with Gasteiger partial charge in [0.1, 0.15) is 6.04 Å². The van der Waals surface area contributed by atoms with Crippen LogP contribution in [-0.4, -0.2) is 41.2 Å². The summed E-state index contributed by atoms with van der Waals surface area (Å²) in [5, 5.41) is 2.77. The quantitative estimate of drug-likeness (QED) is 0.394. The first-order valence-electron chi connectivity index (χ1n) is 11.4. The molecule has 35 heavy (non-hydrogen) atoms. The number of fused-ring (bicyclic) bond motifs is 1. The van der Waals surface area contributed by atoms with Crippen molar-refractivity contribution in [3.63, 3.8) is 0 Å². The lowest BCUT2D eigenvalue weighted by molar-refractivity contribution is -0.151. The van der Waals surface area contributed by atoms with E-state index in [1.165, 1.54) is 0 Å². The van der Waals surface area contributed by atoms with Crippen LogP contribution in [0.25, 0.3) is 0 Å². The van der Waals surface area contributed by atoms with Crippen molar-refractivity contribution in [2.45, 2.75) is 32.2 Å². The molecule has 1 aliphatic heterocycles. The smallest absolute Gasteiger partial charge is 0.330 e. The summed E-state index contributed by atoms with van der Waals surface area (Å²) in [6.45, 7) is 3.49. The third-order valence-corrected chi connectivity index (χ3v) is 5.88. The molecule has 1 N–H and O–H groups in total. The Bertz CT molecular complexity index is 1230. The van der Waals surface area contributed by atoms with E-state index >= 15 is 0 Å². The van der Waals surface area contributed by atoms with E-state index in [-0.39, 0.29) is 23.5 Å². The number of benzene rings is 3. The van der Waals surface area contributed by atoms with Gasteiger partial charge < -0.3 is 10.1 Å². The second kappa shape index (κ2) is 10.3. The van der Waals surface area contributed by atoms with Gasteiger partial charge in [-0.1, -0.05) is 74.5 Å². The van der Waals surface area contributed by atoms with Crippen molar-refractivity contribution in [3.05, 3.63) is 101 Å². The molecule has 0 unspecified atom stereocenters. The molecule has 0 saturated heterocycles. The topological polar surface area (TPSA) is 92.8 Å². The number of esters is 1. The Hall–Kier alpha value is -4.26. The second-order valence-electron chi connectivity index (χ2n) is 8.63. The summed E-state index contributed by atoms with van der Waals surface area (Å²) >= 11 is 0. The summed E-state index contributed by atoms with van der Waals surface area (Å²) < 4.78 is 5.32. The van der Waals surface area contributed by atoms with E-state index in [1.54, 1.807) is 54.6 Å². The molecule has 0 bridgehead atoms. The Balaban J connectivity index is 1.51. The van der Waals surface area contributed by atoms with E-state index in [0.717, 1.165) is 16.0 Å². The monoisotopic (exact) mass is 470 g/mol. The fraction of sp³-hybridized carbons (Fsp3) is 0.214. The zero-order valence-electron chi connectivity index (χ0n) is 19.6. The van der Waals surface area contributed by atoms with Crippen LogP contribution in [0.4, 0.5) is 5.69 Å². The first-order chi connectivity index (χ1) is 16.9. The van der Waals surface area contributed by atoms with Crippen LogP contribution >= 0.6 is 0 Å². The number of para-hydroxylation sites is 1. The van der Waals surface area contributed by atoms with Gasteiger partial charge in [0.15, 0.2) is 6.61 Å². The first-order valence-corrected chi connectivity index (χ1v) is 11.4. The van der Waals surface area contributed by atoms with Crippen molar-refractivity contribution < 1.29 is 23.9 Å². The molecule has 1 aliphatic rings. The molecule has 0 aliphatic carbocycles. The van der Waals surface area contributed by atoms with Crippen LogP contribution in [0.3, 0.4) is 0 Å². The maximum absolute atomic E-state index is 13.2. The second-order valence-corrected chi connectivity index (χ2v) is 8.63. The van der Waals surface area contributed by atoms with Gasteiger partial charge in [0.25, 0.3) is 17.7 Å². The molecule has 0 fully saturated rings. The lowest BCUT2D eigenvalue weighted by Crippen LogP contribution is -2.47. The number of hydrogen-bond donors (Lipinski definition) is 1. The van der Waals surface area contributed by atoms with Crippen LogP contribution in [-0.2, 0) is 20.7 Å². The van der Waals surface area contributed by atoms with Crippen LogP contribution in [0.2, 0.25) is 0 Å². The molecular weight excluding hydrogens is 444 g/mol. The molecule has 0 aromatic heterocycles.